The Bertz CT molecular complexity index is 435. The van der Waals surface area contributed by atoms with Crippen LogP contribution in [0.4, 0.5) is 5.69 Å². The van der Waals surface area contributed by atoms with E-state index in [1.807, 2.05) is 0 Å². The average Bonchev–Trinajstić information content (AvgIpc) is 2.15. The molecule has 0 aliphatic rings. The Morgan fingerprint density at radius 1 is 1.07 bits per heavy atom. The zero-order chi connectivity index (χ0) is 11.7. The van der Waals surface area contributed by atoms with Crippen molar-refractivity contribution in [3.8, 4) is 5.75 Å². The van der Waals surface area contributed by atoms with Crippen molar-refractivity contribution in [2.45, 2.75) is 0 Å². The lowest BCUT2D eigenvalue weighted by atomic mass is 10.3. The summed E-state index contributed by atoms with van der Waals surface area (Å²) in [6, 6.07) is 0. The molecular formula is C7H3Cl4NO3. The quantitative estimate of drug-likeness (QED) is 0.355. The fraction of sp³-hybridized carbons (Fsp3) is 0.143. The van der Waals surface area contributed by atoms with Gasteiger partial charge in [0.15, 0.2) is 10.8 Å². The van der Waals surface area contributed by atoms with Gasteiger partial charge in [-0.3, -0.25) is 10.1 Å². The highest BCUT2D eigenvalue weighted by atomic mass is 35.5. The predicted octanol–water partition coefficient (Wildman–Crippen LogP) is 4.22. The molecule has 0 spiro atoms. The molecule has 8 heteroatoms. The van der Waals surface area contributed by atoms with E-state index in [-0.39, 0.29) is 25.8 Å². The maximum Gasteiger partial charge on any atom is 0.311 e. The highest BCUT2D eigenvalue weighted by Gasteiger charge is 2.28. The molecule has 4 nitrogen and oxygen atoms in total. The summed E-state index contributed by atoms with van der Waals surface area (Å²) in [5.41, 5.74) is -0.524. The molecule has 15 heavy (non-hydrogen) atoms. The van der Waals surface area contributed by atoms with Crippen LogP contribution in [0.15, 0.2) is 0 Å². The number of rotatable bonds is 2. The number of benzene rings is 1. The van der Waals surface area contributed by atoms with Crippen molar-refractivity contribution in [2.24, 2.45) is 0 Å². The highest BCUT2D eigenvalue weighted by molar-refractivity contribution is 6.51. The van der Waals surface area contributed by atoms with Crippen LogP contribution in [-0.2, 0) is 0 Å². The molecule has 0 aromatic heterocycles. The topological polar surface area (TPSA) is 52.4 Å². The molecular weight excluding hydrogens is 288 g/mol. The van der Waals surface area contributed by atoms with Gasteiger partial charge in [-0.05, 0) is 0 Å². The van der Waals surface area contributed by atoms with E-state index < -0.39 is 10.6 Å². The third-order valence-electron chi connectivity index (χ3n) is 1.59. The second-order valence-electron chi connectivity index (χ2n) is 2.39. The van der Waals surface area contributed by atoms with Crippen molar-refractivity contribution in [1.82, 2.24) is 0 Å². The SMILES string of the molecule is COc1c(Cl)c(Cl)c(Cl)c([N+](=O)[O-])c1Cl. The summed E-state index contributed by atoms with van der Waals surface area (Å²) in [5.74, 6) is -0.0700. The van der Waals surface area contributed by atoms with Gasteiger partial charge in [0.05, 0.1) is 17.1 Å². The van der Waals surface area contributed by atoms with Crippen molar-refractivity contribution in [2.75, 3.05) is 7.11 Å². The van der Waals surface area contributed by atoms with Crippen molar-refractivity contribution in [1.29, 1.82) is 0 Å². The summed E-state index contributed by atoms with van der Waals surface area (Å²) in [7, 11) is 1.26. The van der Waals surface area contributed by atoms with E-state index in [0.717, 1.165) is 0 Å². The molecule has 0 aliphatic heterocycles. The lowest BCUT2D eigenvalue weighted by Gasteiger charge is -2.09. The summed E-state index contributed by atoms with van der Waals surface area (Å²) < 4.78 is 4.79. The molecule has 0 unspecified atom stereocenters. The number of halogens is 4. The molecule has 0 bridgehead atoms. The standard InChI is InChI=1S/C7H3Cl4NO3/c1-15-7-4(10)2(8)3(9)6(5(7)11)12(13)14/h1H3. The van der Waals surface area contributed by atoms with Crippen LogP contribution in [0.25, 0.3) is 0 Å². The second-order valence-corrected chi connectivity index (χ2v) is 3.91. The lowest BCUT2D eigenvalue weighted by molar-refractivity contribution is -0.384. The molecule has 0 aliphatic carbocycles. The van der Waals surface area contributed by atoms with Gasteiger partial charge in [0.1, 0.15) is 10.0 Å². The van der Waals surface area contributed by atoms with Crippen molar-refractivity contribution in [3.05, 3.63) is 30.2 Å². The van der Waals surface area contributed by atoms with Gasteiger partial charge >= 0.3 is 5.69 Å². The fourth-order valence-corrected chi connectivity index (χ4v) is 2.12. The van der Waals surface area contributed by atoms with Crippen LogP contribution in [0, 0.1) is 10.1 Å². The van der Waals surface area contributed by atoms with Crippen LogP contribution in [0.1, 0.15) is 0 Å². The molecule has 0 saturated heterocycles. The molecule has 0 heterocycles. The predicted molar refractivity (Wildman–Crippen MR) is 59.7 cm³/mol. The van der Waals surface area contributed by atoms with Gasteiger partial charge in [-0.2, -0.15) is 0 Å². The molecule has 0 amide bonds. The number of hydrogen-bond acceptors (Lipinski definition) is 3. The Balaban J connectivity index is 3.68. The molecule has 0 saturated carbocycles. The molecule has 1 rings (SSSR count). The van der Waals surface area contributed by atoms with Crippen LogP contribution >= 0.6 is 46.4 Å². The highest BCUT2D eigenvalue weighted by Crippen LogP contribution is 2.49. The molecule has 1 aromatic rings. The first-order valence-corrected chi connectivity index (χ1v) is 4.97. The maximum atomic E-state index is 10.7. The van der Waals surface area contributed by atoms with Crippen LogP contribution in [0.2, 0.25) is 20.1 Å². The van der Waals surface area contributed by atoms with E-state index in [4.69, 9.17) is 51.1 Å². The Labute approximate surface area is 105 Å². The van der Waals surface area contributed by atoms with Gasteiger partial charge in [-0.25, -0.2) is 0 Å². The lowest BCUT2D eigenvalue weighted by Crippen LogP contribution is -1.95. The zero-order valence-corrected chi connectivity index (χ0v) is 10.2. The van der Waals surface area contributed by atoms with Crippen LogP contribution in [0.3, 0.4) is 0 Å². The summed E-state index contributed by atoms with van der Waals surface area (Å²) in [5, 5.41) is 9.85. The van der Waals surface area contributed by atoms with E-state index in [1.165, 1.54) is 7.11 Å². The largest absolute Gasteiger partial charge is 0.493 e. The van der Waals surface area contributed by atoms with Crippen molar-refractivity contribution >= 4 is 52.1 Å². The average molecular weight is 291 g/mol. The first kappa shape index (κ1) is 12.6. The third-order valence-corrected chi connectivity index (χ3v) is 3.24. The maximum absolute atomic E-state index is 10.7. The van der Waals surface area contributed by atoms with Gasteiger partial charge < -0.3 is 4.74 Å². The Morgan fingerprint density at radius 3 is 2.00 bits per heavy atom. The van der Waals surface area contributed by atoms with E-state index in [9.17, 15) is 10.1 Å². The van der Waals surface area contributed by atoms with Crippen molar-refractivity contribution < 1.29 is 9.66 Å². The van der Waals surface area contributed by atoms with E-state index in [2.05, 4.69) is 0 Å². The third kappa shape index (κ3) is 2.08. The van der Waals surface area contributed by atoms with Gasteiger partial charge in [0, 0.05) is 0 Å². The minimum atomic E-state index is -0.755. The molecule has 0 N–H and O–H groups in total. The minimum absolute atomic E-state index is 0.0558. The monoisotopic (exact) mass is 289 g/mol. The second kappa shape index (κ2) is 4.61. The van der Waals surface area contributed by atoms with E-state index in [1.54, 1.807) is 0 Å². The van der Waals surface area contributed by atoms with E-state index in [0.29, 0.717) is 0 Å². The number of methoxy groups -OCH3 is 1. The van der Waals surface area contributed by atoms with Gasteiger partial charge in [0.2, 0.25) is 0 Å². The minimum Gasteiger partial charge on any atom is -0.493 e. The van der Waals surface area contributed by atoms with E-state index >= 15 is 0 Å². The smallest absolute Gasteiger partial charge is 0.311 e. The number of nitrogens with zero attached hydrogens (tertiary/aromatic N) is 1. The van der Waals surface area contributed by atoms with Gasteiger partial charge in [-0.1, -0.05) is 46.4 Å². The fourth-order valence-electron chi connectivity index (χ4n) is 0.940. The van der Waals surface area contributed by atoms with Crippen molar-refractivity contribution in [3.63, 3.8) is 0 Å². The number of nitro benzene ring substituents is 1. The van der Waals surface area contributed by atoms with Crippen LogP contribution in [0.5, 0.6) is 5.75 Å². The van der Waals surface area contributed by atoms with Crippen LogP contribution in [-0.4, -0.2) is 12.0 Å². The van der Waals surface area contributed by atoms with Gasteiger partial charge in [0.25, 0.3) is 0 Å². The summed E-state index contributed by atoms with van der Waals surface area (Å²) >= 11 is 22.7. The molecule has 1 aromatic carbocycles. The number of nitro groups is 1. The van der Waals surface area contributed by atoms with Gasteiger partial charge in [-0.15, -0.1) is 0 Å². The normalized spacial score (nSPS) is 10.2. The summed E-state index contributed by atoms with van der Waals surface area (Å²) in [6.45, 7) is 0. The Hall–Kier alpha value is -0.420. The Morgan fingerprint density at radius 2 is 1.60 bits per heavy atom. The number of ether oxygens (including phenoxy) is 1. The summed E-state index contributed by atoms with van der Waals surface area (Å²) in [6.07, 6.45) is 0. The molecule has 0 fully saturated rings. The van der Waals surface area contributed by atoms with Crippen LogP contribution < -0.4 is 4.74 Å². The zero-order valence-electron chi connectivity index (χ0n) is 7.18. The molecule has 0 radical (unpaired) electrons. The Kier molecular flexibility index (Phi) is 3.89. The molecule has 0 atom stereocenters. The number of hydrogen-bond donors (Lipinski definition) is 0. The first-order chi connectivity index (χ1) is 6.91. The molecule has 82 valence electrons. The first-order valence-electron chi connectivity index (χ1n) is 3.46. The summed E-state index contributed by atoms with van der Waals surface area (Å²) in [4.78, 5) is 9.90.